The minimum absolute atomic E-state index is 0.0319. The summed E-state index contributed by atoms with van der Waals surface area (Å²) in [7, 11) is 8.63. The average Bonchev–Trinajstić information content (AvgIpc) is 3.25. The molecule has 3 N–H and O–H groups in total. The molecule has 2 aromatic carbocycles. The lowest BCUT2D eigenvalue weighted by atomic mass is 10.0. The van der Waals surface area contributed by atoms with Crippen LogP contribution < -0.4 is 24.3 Å². The molecule has 0 bridgehead atoms. The maximum Gasteiger partial charge on any atom is 0.415 e. The van der Waals surface area contributed by atoms with Crippen LogP contribution in [-0.2, 0) is 22.6 Å². The number of rotatable bonds is 30. The van der Waals surface area contributed by atoms with Crippen molar-refractivity contribution in [3.05, 3.63) is 71.8 Å². The van der Waals surface area contributed by atoms with E-state index >= 15 is 0 Å². The van der Waals surface area contributed by atoms with Crippen molar-refractivity contribution in [3.8, 4) is 23.0 Å². The number of carbonyl (C=O) groups excluding carboxylic acids is 4. The Bertz CT molecular complexity index is 1600. The largest absolute Gasteiger partial charge is 0.493 e. The quantitative estimate of drug-likeness (QED) is 0.0388. The fourth-order valence-electron chi connectivity index (χ4n) is 5.92. The normalized spacial score (nSPS) is 12.5. The Morgan fingerprint density at radius 1 is 0.661 bits per heavy atom. The number of nitrogens with one attached hydrogen (secondary N) is 1. The number of hydrogen-bond donors (Lipinski definition) is 3. The van der Waals surface area contributed by atoms with Gasteiger partial charge in [0.25, 0.3) is 0 Å². The molecule has 13 nitrogen and oxygen atoms in total. The van der Waals surface area contributed by atoms with E-state index in [0.717, 1.165) is 49.7 Å². The number of ketones is 1. The van der Waals surface area contributed by atoms with Gasteiger partial charge in [0.1, 0.15) is 5.78 Å². The Morgan fingerprint density at radius 2 is 1.13 bits per heavy atom. The number of hydrogen-bond acceptors (Lipinski definition) is 12. The number of aliphatic hydroxyl groups is 2. The molecule has 0 saturated heterocycles. The third-order valence-corrected chi connectivity index (χ3v) is 12.7. The number of amides is 3. The van der Waals surface area contributed by atoms with E-state index in [2.05, 4.69) is 57.3 Å². The van der Waals surface area contributed by atoms with Gasteiger partial charge in [-0.3, -0.25) is 9.59 Å². The van der Waals surface area contributed by atoms with Gasteiger partial charge in [-0.2, -0.15) is 0 Å². The lowest BCUT2D eigenvalue weighted by Crippen LogP contribution is -2.37. The zero-order valence-electron chi connectivity index (χ0n) is 38.1. The smallest absolute Gasteiger partial charge is 0.415 e. The molecule has 0 heterocycles. The Hall–Kier alpha value is -4.18. The van der Waals surface area contributed by atoms with Crippen molar-refractivity contribution >= 4 is 45.5 Å². The number of carbonyl (C=O) groups is 4. The number of nitrogens with zero attached hydrogens (tertiary/aromatic N) is 2. The molecule has 0 saturated carbocycles. The van der Waals surface area contributed by atoms with Gasteiger partial charge in [-0.15, -0.1) is 0 Å². The van der Waals surface area contributed by atoms with Crippen molar-refractivity contribution < 1.29 is 48.3 Å². The molecule has 0 fully saturated rings. The van der Waals surface area contributed by atoms with Gasteiger partial charge < -0.3 is 44.3 Å². The first-order valence-electron chi connectivity index (χ1n) is 21.5. The molecule has 15 heteroatoms. The van der Waals surface area contributed by atoms with Gasteiger partial charge in [-0.25, -0.2) is 9.59 Å². The van der Waals surface area contributed by atoms with Crippen LogP contribution in [0.1, 0.15) is 96.6 Å². The van der Waals surface area contributed by atoms with Gasteiger partial charge in [0.2, 0.25) is 5.91 Å². The van der Waals surface area contributed by atoms with Crippen LogP contribution in [0.5, 0.6) is 23.0 Å². The molecule has 0 radical (unpaired) electrons. The van der Waals surface area contributed by atoms with Crippen molar-refractivity contribution in [2.24, 2.45) is 11.8 Å². The molecule has 0 aliphatic heterocycles. The van der Waals surface area contributed by atoms with Gasteiger partial charge >= 0.3 is 12.2 Å². The van der Waals surface area contributed by atoms with Crippen LogP contribution in [0.3, 0.4) is 0 Å². The van der Waals surface area contributed by atoms with E-state index < -0.39 is 22.7 Å². The highest BCUT2D eigenvalue weighted by Gasteiger charge is 2.24. The van der Waals surface area contributed by atoms with E-state index in [1.165, 1.54) is 45.6 Å². The first-order chi connectivity index (χ1) is 29.7. The summed E-state index contributed by atoms with van der Waals surface area (Å²) in [6, 6.07) is 10.3. The van der Waals surface area contributed by atoms with Gasteiger partial charge in [0, 0.05) is 53.0 Å². The number of aliphatic hydroxyl groups excluding tert-OH is 2. The first-order valence-corrected chi connectivity index (χ1v) is 23.8. The summed E-state index contributed by atoms with van der Waals surface area (Å²) in [6.07, 6.45) is 14.9. The van der Waals surface area contributed by atoms with Crippen molar-refractivity contribution in [1.82, 2.24) is 15.1 Å². The summed E-state index contributed by atoms with van der Waals surface area (Å²) in [5.41, 5.74) is 1.68. The molecule has 346 valence electrons. The van der Waals surface area contributed by atoms with Crippen molar-refractivity contribution in [3.63, 3.8) is 0 Å². The summed E-state index contributed by atoms with van der Waals surface area (Å²) < 4.78 is 22.2. The van der Waals surface area contributed by atoms with Crippen LogP contribution in [0.2, 0.25) is 0 Å². The third kappa shape index (κ3) is 22.3. The third-order valence-electron chi connectivity index (χ3n) is 9.49. The molecule has 0 aromatic heterocycles. The van der Waals surface area contributed by atoms with Gasteiger partial charge in [0.05, 0.1) is 37.9 Å². The minimum atomic E-state index is -0.661. The predicted molar refractivity (Wildman–Crippen MR) is 250 cm³/mol. The van der Waals surface area contributed by atoms with E-state index in [4.69, 9.17) is 18.9 Å². The monoisotopic (exact) mass is 901 g/mol. The average molecular weight is 902 g/mol. The molecule has 0 aliphatic rings. The molecule has 0 spiro atoms. The number of benzene rings is 2. The highest BCUT2D eigenvalue weighted by Crippen LogP contribution is 2.34. The van der Waals surface area contributed by atoms with Crippen molar-refractivity contribution in [2.45, 2.75) is 109 Å². The van der Waals surface area contributed by atoms with E-state index in [1.807, 2.05) is 6.07 Å². The van der Waals surface area contributed by atoms with Gasteiger partial charge in [-0.05, 0) is 92.2 Å². The van der Waals surface area contributed by atoms with Gasteiger partial charge in [0.15, 0.2) is 23.0 Å². The standard InChI is InChI=1S/C47H71N3O10S2/c1-34(2)17-13-9-11-15-19-38(53)24-21-36-22-25-41(43(27-36)57-7)59-46(55)49(5)30-39(32-51)61-62-40(33-52)31-50(6)47(56)60-42-26-23-37(28-44(42)58-8)29-48-45(54)20-16-12-10-14-18-35(3)4/h13-14,17-18,22-23,25-28,34-35,39-40,51-52H,9-12,15-16,19-21,24,29-33H2,1-8H3,(H,48,54)/b17-13+,18-14+. The van der Waals surface area contributed by atoms with Crippen LogP contribution >= 0.6 is 21.6 Å². The first kappa shape index (κ1) is 54.0. The maximum atomic E-state index is 13.1. The van der Waals surface area contributed by atoms with E-state index in [9.17, 15) is 29.4 Å². The molecule has 2 unspecified atom stereocenters. The predicted octanol–water partition coefficient (Wildman–Crippen LogP) is 9.03. The van der Waals surface area contributed by atoms with E-state index in [1.54, 1.807) is 44.4 Å². The molecular formula is C47H71N3O10S2. The molecular weight excluding hydrogens is 831 g/mol. The second kappa shape index (κ2) is 30.8. The Balaban J connectivity index is 1.82. The number of ether oxygens (including phenoxy) is 4. The highest BCUT2D eigenvalue weighted by molar-refractivity contribution is 8.77. The number of aryl methyl sites for hydroxylation is 1. The van der Waals surface area contributed by atoms with Crippen molar-refractivity contribution in [1.29, 1.82) is 0 Å². The summed E-state index contributed by atoms with van der Waals surface area (Å²) in [5.74, 6) is 2.38. The maximum absolute atomic E-state index is 13.1. The topological polar surface area (TPSA) is 164 Å². The van der Waals surface area contributed by atoms with Crippen LogP contribution in [0.15, 0.2) is 60.7 Å². The van der Waals surface area contributed by atoms with Crippen molar-refractivity contribution in [2.75, 3.05) is 54.6 Å². The van der Waals surface area contributed by atoms with E-state index in [0.29, 0.717) is 55.6 Å². The summed E-state index contributed by atoms with van der Waals surface area (Å²) >= 11 is 0. The lowest BCUT2D eigenvalue weighted by molar-refractivity contribution is -0.121. The Labute approximate surface area is 377 Å². The molecule has 2 aromatic rings. The highest BCUT2D eigenvalue weighted by atomic mass is 33.1. The molecule has 3 amide bonds. The zero-order chi connectivity index (χ0) is 45.9. The fourth-order valence-corrected chi connectivity index (χ4v) is 8.60. The molecule has 2 rings (SSSR count). The second-order valence-electron chi connectivity index (χ2n) is 15.9. The van der Waals surface area contributed by atoms with Crippen LogP contribution in [0.4, 0.5) is 9.59 Å². The number of methoxy groups -OCH3 is 2. The second-order valence-corrected chi connectivity index (χ2v) is 18.8. The summed E-state index contributed by atoms with van der Waals surface area (Å²) in [6.45, 7) is 8.61. The zero-order valence-corrected chi connectivity index (χ0v) is 39.7. The Kier molecular flexibility index (Phi) is 26.8. The minimum Gasteiger partial charge on any atom is -0.493 e. The van der Waals surface area contributed by atoms with Crippen LogP contribution in [0, 0.1) is 11.8 Å². The summed E-state index contributed by atoms with van der Waals surface area (Å²) in [4.78, 5) is 53.6. The molecule has 62 heavy (non-hydrogen) atoms. The van der Waals surface area contributed by atoms with E-state index in [-0.39, 0.29) is 49.5 Å². The Morgan fingerprint density at radius 3 is 1.60 bits per heavy atom. The van der Waals surface area contributed by atoms with Gasteiger partial charge in [-0.1, -0.05) is 85.7 Å². The number of allylic oxidation sites excluding steroid dienone is 4. The molecule has 0 aliphatic carbocycles. The lowest BCUT2D eigenvalue weighted by Gasteiger charge is -2.25. The summed E-state index contributed by atoms with van der Waals surface area (Å²) in [5, 5.41) is 22.3. The fraction of sp³-hybridized carbons (Fsp3) is 0.574. The molecule has 2 atom stereocenters. The SMILES string of the molecule is COc1cc(CCC(=O)CCCC/C=C/C(C)C)ccc1OC(=O)N(C)CC(CO)SSC(CO)CN(C)C(=O)Oc1ccc(CNC(=O)CCCC/C=C/C(C)C)cc1OC. The number of unbranched alkanes of at least 4 members (excludes halogenated alkanes) is 4. The number of Topliss-reactive ketones (excluding diaryl/α,β-unsaturated/α-hetero) is 1. The van der Waals surface area contributed by atoms with Crippen LogP contribution in [-0.4, -0.2) is 109 Å². The van der Waals surface area contributed by atoms with Crippen LogP contribution in [0.25, 0.3) is 0 Å².